The highest BCUT2D eigenvalue weighted by molar-refractivity contribution is 5.83. The number of aromatic amines is 1. The zero-order valence-electron chi connectivity index (χ0n) is 10.7. The van der Waals surface area contributed by atoms with Gasteiger partial charge < -0.3 is 9.72 Å². The summed E-state index contributed by atoms with van der Waals surface area (Å²) in [5.74, 6) is 0.479. The Morgan fingerprint density at radius 1 is 1.37 bits per heavy atom. The van der Waals surface area contributed by atoms with Crippen LogP contribution in [0.15, 0.2) is 30.6 Å². The van der Waals surface area contributed by atoms with E-state index in [4.69, 9.17) is 4.74 Å². The summed E-state index contributed by atoms with van der Waals surface area (Å²) in [6.45, 7) is 0. The Kier molecular flexibility index (Phi) is 2.81. The first-order valence-corrected chi connectivity index (χ1v) is 6.31. The number of nitrogens with one attached hydrogen (secondary N) is 1. The lowest BCUT2D eigenvalue weighted by molar-refractivity contribution is -0.151. The first-order chi connectivity index (χ1) is 9.26. The van der Waals surface area contributed by atoms with Gasteiger partial charge in [0, 0.05) is 6.20 Å². The van der Waals surface area contributed by atoms with Gasteiger partial charge in [0.05, 0.1) is 24.7 Å². The van der Waals surface area contributed by atoms with Gasteiger partial charge in [-0.05, 0) is 25.0 Å². The Hall–Kier alpha value is -2.17. The Labute approximate surface area is 111 Å². The van der Waals surface area contributed by atoms with Crippen LogP contribution in [0.1, 0.15) is 25.1 Å². The second-order valence-electron chi connectivity index (χ2n) is 4.79. The normalized spacial score (nSPS) is 16.7. The molecule has 0 bridgehead atoms. The van der Waals surface area contributed by atoms with Gasteiger partial charge in [0.15, 0.2) is 0 Å². The molecule has 0 aliphatic heterocycles. The number of imidazole rings is 1. The van der Waals surface area contributed by atoms with Gasteiger partial charge in [0.1, 0.15) is 11.2 Å². The van der Waals surface area contributed by atoms with E-state index in [1.165, 1.54) is 7.11 Å². The number of aromatic nitrogens is 3. The van der Waals surface area contributed by atoms with Gasteiger partial charge in [-0.1, -0.05) is 12.5 Å². The maximum Gasteiger partial charge on any atom is 0.319 e. The molecule has 0 aromatic carbocycles. The van der Waals surface area contributed by atoms with Crippen molar-refractivity contribution < 1.29 is 9.53 Å². The fourth-order valence-corrected chi connectivity index (χ4v) is 2.48. The smallest absolute Gasteiger partial charge is 0.319 e. The van der Waals surface area contributed by atoms with Crippen LogP contribution < -0.4 is 0 Å². The summed E-state index contributed by atoms with van der Waals surface area (Å²) in [5.41, 5.74) is 1.06. The van der Waals surface area contributed by atoms with Crippen molar-refractivity contribution >= 4 is 5.97 Å². The van der Waals surface area contributed by atoms with Crippen molar-refractivity contribution in [3.8, 4) is 11.4 Å². The number of methoxy groups -OCH3 is 1. The van der Waals surface area contributed by atoms with E-state index in [2.05, 4.69) is 15.0 Å². The maximum absolute atomic E-state index is 12.0. The monoisotopic (exact) mass is 257 g/mol. The number of pyridine rings is 1. The van der Waals surface area contributed by atoms with E-state index in [0.717, 1.165) is 30.7 Å². The molecule has 1 N–H and O–H groups in total. The molecule has 0 unspecified atom stereocenters. The number of nitrogens with zero attached hydrogens (tertiary/aromatic N) is 2. The average Bonchev–Trinajstić information content (AvgIpc) is 2.88. The number of hydrogen-bond donors (Lipinski definition) is 1. The van der Waals surface area contributed by atoms with Gasteiger partial charge in [-0.25, -0.2) is 4.98 Å². The van der Waals surface area contributed by atoms with Gasteiger partial charge >= 0.3 is 5.97 Å². The van der Waals surface area contributed by atoms with Crippen molar-refractivity contribution in [2.24, 2.45) is 0 Å². The number of rotatable bonds is 3. The molecule has 5 heteroatoms. The predicted molar refractivity (Wildman–Crippen MR) is 69.4 cm³/mol. The molecule has 2 aromatic heterocycles. The lowest BCUT2D eigenvalue weighted by Gasteiger charge is -2.36. The molecule has 1 saturated carbocycles. The molecule has 0 saturated heterocycles. The highest BCUT2D eigenvalue weighted by Gasteiger charge is 2.49. The molecule has 98 valence electrons. The minimum atomic E-state index is -0.582. The van der Waals surface area contributed by atoms with Gasteiger partial charge in [-0.2, -0.15) is 0 Å². The molecule has 1 aliphatic rings. The molecule has 0 spiro atoms. The number of hydrogen-bond acceptors (Lipinski definition) is 4. The molecule has 5 nitrogen and oxygen atoms in total. The van der Waals surface area contributed by atoms with Gasteiger partial charge in [0.2, 0.25) is 0 Å². The van der Waals surface area contributed by atoms with Gasteiger partial charge in [0.25, 0.3) is 0 Å². The molecule has 19 heavy (non-hydrogen) atoms. The molecule has 3 rings (SSSR count). The van der Waals surface area contributed by atoms with Crippen LogP contribution in [-0.4, -0.2) is 28.0 Å². The largest absolute Gasteiger partial charge is 0.468 e. The molecule has 2 aromatic rings. The average molecular weight is 257 g/mol. The highest BCUT2D eigenvalue weighted by Crippen LogP contribution is 2.43. The van der Waals surface area contributed by atoms with E-state index in [1.807, 2.05) is 18.2 Å². The number of esters is 1. The third kappa shape index (κ3) is 1.82. The van der Waals surface area contributed by atoms with Crippen molar-refractivity contribution in [3.63, 3.8) is 0 Å². The summed E-state index contributed by atoms with van der Waals surface area (Å²) < 4.78 is 4.91. The van der Waals surface area contributed by atoms with Crippen molar-refractivity contribution in [3.05, 3.63) is 36.4 Å². The van der Waals surface area contributed by atoms with E-state index in [9.17, 15) is 4.79 Å². The van der Waals surface area contributed by atoms with Crippen molar-refractivity contribution in [2.45, 2.75) is 24.7 Å². The summed E-state index contributed by atoms with van der Waals surface area (Å²) in [6, 6.07) is 5.69. The van der Waals surface area contributed by atoms with Crippen LogP contribution in [0.4, 0.5) is 0 Å². The van der Waals surface area contributed by atoms with Crippen molar-refractivity contribution in [2.75, 3.05) is 7.11 Å². The zero-order chi connectivity index (χ0) is 13.3. The highest BCUT2D eigenvalue weighted by atomic mass is 16.5. The fourth-order valence-electron chi connectivity index (χ4n) is 2.48. The fraction of sp³-hybridized carbons (Fsp3) is 0.357. The van der Waals surface area contributed by atoms with Crippen LogP contribution >= 0.6 is 0 Å². The van der Waals surface area contributed by atoms with E-state index in [-0.39, 0.29) is 5.97 Å². The summed E-state index contributed by atoms with van der Waals surface area (Å²) in [5, 5.41) is 0. The molecule has 2 heterocycles. The lowest BCUT2D eigenvalue weighted by Crippen LogP contribution is -2.44. The molecule has 0 radical (unpaired) electrons. The number of carbonyl (C=O) groups excluding carboxylic acids is 1. The minimum Gasteiger partial charge on any atom is -0.468 e. The Bertz CT molecular complexity index is 588. The molecule has 0 amide bonds. The summed E-state index contributed by atoms with van der Waals surface area (Å²) in [4.78, 5) is 23.8. The third-order valence-corrected chi connectivity index (χ3v) is 3.75. The number of carbonyl (C=O) groups is 1. The third-order valence-electron chi connectivity index (χ3n) is 3.75. The lowest BCUT2D eigenvalue weighted by atomic mass is 9.68. The number of H-pyrrole nitrogens is 1. The zero-order valence-corrected chi connectivity index (χ0v) is 10.7. The summed E-state index contributed by atoms with van der Waals surface area (Å²) >= 11 is 0. The van der Waals surface area contributed by atoms with E-state index < -0.39 is 5.41 Å². The predicted octanol–water partition coefficient (Wildman–Crippen LogP) is 2.07. The summed E-state index contributed by atoms with van der Waals surface area (Å²) in [6.07, 6.45) is 6.05. The quantitative estimate of drug-likeness (QED) is 0.855. The van der Waals surface area contributed by atoms with Crippen LogP contribution in [0.2, 0.25) is 0 Å². The van der Waals surface area contributed by atoms with E-state index in [1.54, 1.807) is 12.4 Å². The maximum atomic E-state index is 12.0. The first kappa shape index (κ1) is 11.9. The van der Waals surface area contributed by atoms with Crippen molar-refractivity contribution in [1.82, 2.24) is 15.0 Å². The van der Waals surface area contributed by atoms with Gasteiger partial charge in [-0.15, -0.1) is 0 Å². The Morgan fingerprint density at radius 2 is 2.21 bits per heavy atom. The second-order valence-corrected chi connectivity index (χ2v) is 4.79. The SMILES string of the molecule is COC(=O)C1(c2ncc(-c3ccccn3)[nH]2)CCC1. The van der Waals surface area contributed by atoms with Crippen LogP contribution in [0.3, 0.4) is 0 Å². The van der Waals surface area contributed by atoms with Crippen LogP contribution in [0.25, 0.3) is 11.4 Å². The van der Waals surface area contributed by atoms with E-state index >= 15 is 0 Å². The molecule has 1 aliphatic carbocycles. The Balaban J connectivity index is 1.95. The molecular weight excluding hydrogens is 242 g/mol. The topological polar surface area (TPSA) is 67.9 Å². The number of ether oxygens (including phenoxy) is 1. The molecule has 0 atom stereocenters. The minimum absolute atomic E-state index is 0.208. The van der Waals surface area contributed by atoms with Gasteiger partial charge in [-0.3, -0.25) is 9.78 Å². The molecule has 1 fully saturated rings. The van der Waals surface area contributed by atoms with Crippen molar-refractivity contribution in [1.29, 1.82) is 0 Å². The van der Waals surface area contributed by atoms with Crippen LogP contribution in [0.5, 0.6) is 0 Å². The summed E-state index contributed by atoms with van der Waals surface area (Å²) in [7, 11) is 1.42. The van der Waals surface area contributed by atoms with Crippen LogP contribution in [0, 0.1) is 0 Å². The van der Waals surface area contributed by atoms with Crippen LogP contribution in [-0.2, 0) is 14.9 Å². The first-order valence-electron chi connectivity index (χ1n) is 6.31. The standard InChI is InChI=1S/C14H15N3O2/c1-19-13(18)14(6-4-7-14)12-16-9-11(17-12)10-5-2-3-8-15-10/h2-3,5,8-9H,4,6-7H2,1H3,(H,16,17). The second kappa shape index (κ2) is 4.50. The Morgan fingerprint density at radius 3 is 2.79 bits per heavy atom. The molecular formula is C14H15N3O2. The van der Waals surface area contributed by atoms with E-state index in [0.29, 0.717) is 5.82 Å².